The number of alkyl halides is 2. The maximum absolute atomic E-state index is 12.2. The minimum Gasteiger partial charge on any atom is -0.444 e. The monoisotopic (exact) mass is 259 g/mol. The number of amides is 1. The van der Waals surface area contributed by atoms with Crippen LogP contribution in [-0.2, 0) is 11.3 Å². The van der Waals surface area contributed by atoms with Crippen LogP contribution in [0.3, 0.4) is 0 Å². The number of nitrogens with zero attached hydrogens (tertiary/aromatic N) is 2. The highest BCUT2D eigenvalue weighted by molar-refractivity contribution is 5.67. The third-order valence-electron chi connectivity index (χ3n) is 1.77. The molecule has 0 unspecified atom stereocenters. The summed E-state index contributed by atoms with van der Waals surface area (Å²) < 4.78 is 29.5. The first-order valence-electron chi connectivity index (χ1n) is 5.34. The Kier molecular flexibility index (Phi) is 4.52. The molecule has 0 aromatic carbocycles. The molecule has 0 saturated heterocycles. The minimum atomic E-state index is -2.60. The van der Waals surface area contributed by atoms with E-state index in [9.17, 15) is 13.6 Å². The van der Waals surface area contributed by atoms with Gasteiger partial charge in [0.2, 0.25) is 0 Å². The lowest BCUT2D eigenvalue weighted by Crippen LogP contribution is -2.32. The van der Waals surface area contributed by atoms with Crippen LogP contribution in [0.15, 0.2) is 12.4 Å². The summed E-state index contributed by atoms with van der Waals surface area (Å²) in [5.41, 5.74) is -0.846. The van der Waals surface area contributed by atoms with Gasteiger partial charge in [-0.2, -0.15) is 0 Å². The van der Waals surface area contributed by atoms with Gasteiger partial charge in [-0.3, -0.25) is 0 Å². The number of aromatic nitrogens is 2. The molecular weight excluding hydrogens is 244 g/mol. The highest BCUT2D eigenvalue weighted by Crippen LogP contribution is 2.15. The lowest BCUT2D eigenvalue weighted by atomic mass is 10.2. The summed E-state index contributed by atoms with van der Waals surface area (Å²) in [7, 11) is 0. The fourth-order valence-corrected chi connectivity index (χ4v) is 1.03. The second-order valence-corrected chi connectivity index (χ2v) is 4.59. The normalized spacial score (nSPS) is 11.4. The third kappa shape index (κ3) is 5.03. The van der Waals surface area contributed by atoms with Crippen LogP contribution < -0.4 is 5.32 Å². The zero-order valence-corrected chi connectivity index (χ0v) is 10.4. The SMILES string of the molecule is CC(C)(C)OC(=O)NCc1ncc(C(F)F)cn1. The van der Waals surface area contributed by atoms with Crippen LogP contribution in [0, 0.1) is 0 Å². The molecule has 100 valence electrons. The van der Waals surface area contributed by atoms with Crippen LogP contribution in [0.25, 0.3) is 0 Å². The van der Waals surface area contributed by atoms with Crippen molar-refractivity contribution in [2.45, 2.75) is 39.3 Å². The van der Waals surface area contributed by atoms with E-state index in [4.69, 9.17) is 4.74 Å². The fourth-order valence-electron chi connectivity index (χ4n) is 1.03. The quantitative estimate of drug-likeness (QED) is 0.905. The summed E-state index contributed by atoms with van der Waals surface area (Å²) in [6, 6.07) is 0. The predicted molar refractivity (Wildman–Crippen MR) is 60.1 cm³/mol. The standard InChI is InChI=1S/C11H15F2N3O2/c1-11(2,3)18-10(17)16-6-8-14-4-7(5-15-8)9(12)13/h4-5,9H,6H2,1-3H3,(H,16,17). The molecule has 7 heteroatoms. The van der Waals surface area contributed by atoms with E-state index in [0.717, 1.165) is 12.4 Å². The van der Waals surface area contributed by atoms with Crippen molar-refractivity contribution in [2.24, 2.45) is 0 Å². The summed E-state index contributed by atoms with van der Waals surface area (Å²) in [5.74, 6) is 0.241. The molecule has 18 heavy (non-hydrogen) atoms. The van der Waals surface area contributed by atoms with E-state index in [1.54, 1.807) is 20.8 Å². The molecule has 1 amide bonds. The Balaban J connectivity index is 2.46. The van der Waals surface area contributed by atoms with Crippen molar-refractivity contribution in [2.75, 3.05) is 0 Å². The Morgan fingerprint density at radius 2 is 1.94 bits per heavy atom. The number of ether oxygens (including phenoxy) is 1. The van der Waals surface area contributed by atoms with Gasteiger partial charge in [0.25, 0.3) is 6.43 Å². The summed E-state index contributed by atoms with van der Waals surface area (Å²) in [6.07, 6.45) is -1.14. The van der Waals surface area contributed by atoms with Crippen molar-refractivity contribution in [3.8, 4) is 0 Å². The molecule has 0 bridgehead atoms. The fraction of sp³-hybridized carbons (Fsp3) is 0.545. The van der Waals surface area contributed by atoms with Crippen molar-refractivity contribution in [1.29, 1.82) is 0 Å². The van der Waals surface area contributed by atoms with E-state index in [-0.39, 0.29) is 17.9 Å². The van der Waals surface area contributed by atoms with Crippen LogP contribution in [0.2, 0.25) is 0 Å². The average molecular weight is 259 g/mol. The van der Waals surface area contributed by atoms with Gasteiger partial charge in [0.05, 0.1) is 12.1 Å². The van der Waals surface area contributed by atoms with E-state index in [0.29, 0.717) is 0 Å². The number of carbonyl (C=O) groups is 1. The Morgan fingerprint density at radius 1 is 1.39 bits per heavy atom. The molecule has 0 spiro atoms. The van der Waals surface area contributed by atoms with E-state index in [1.807, 2.05) is 0 Å². The van der Waals surface area contributed by atoms with Crippen LogP contribution in [0.5, 0.6) is 0 Å². The van der Waals surface area contributed by atoms with Crippen molar-refractivity contribution >= 4 is 6.09 Å². The van der Waals surface area contributed by atoms with E-state index in [1.165, 1.54) is 0 Å². The maximum Gasteiger partial charge on any atom is 0.408 e. The number of carbonyl (C=O) groups excluding carboxylic acids is 1. The van der Waals surface area contributed by atoms with Crippen LogP contribution in [0.1, 0.15) is 38.6 Å². The highest BCUT2D eigenvalue weighted by Gasteiger charge is 2.16. The second-order valence-electron chi connectivity index (χ2n) is 4.59. The molecule has 0 saturated carbocycles. The van der Waals surface area contributed by atoms with Crippen molar-refractivity contribution in [3.05, 3.63) is 23.8 Å². The molecule has 0 radical (unpaired) electrons. The van der Waals surface area contributed by atoms with Gasteiger partial charge in [0, 0.05) is 12.4 Å². The topological polar surface area (TPSA) is 64.1 Å². The van der Waals surface area contributed by atoms with E-state index < -0.39 is 18.1 Å². The van der Waals surface area contributed by atoms with Crippen LogP contribution in [0.4, 0.5) is 13.6 Å². The van der Waals surface area contributed by atoms with Crippen LogP contribution in [-0.4, -0.2) is 21.7 Å². The molecule has 5 nitrogen and oxygen atoms in total. The molecule has 1 heterocycles. The van der Waals surface area contributed by atoms with Crippen molar-refractivity contribution in [3.63, 3.8) is 0 Å². The molecule has 0 aliphatic carbocycles. The Labute approximate surface area is 104 Å². The predicted octanol–water partition coefficient (Wildman–Crippen LogP) is 2.44. The van der Waals surface area contributed by atoms with Gasteiger partial charge in [0.1, 0.15) is 11.4 Å². The Bertz CT molecular complexity index is 402. The number of hydrogen-bond acceptors (Lipinski definition) is 4. The Hall–Kier alpha value is -1.79. The molecule has 0 aliphatic rings. The summed E-state index contributed by atoms with van der Waals surface area (Å²) >= 11 is 0. The molecule has 0 fully saturated rings. The molecule has 0 atom stereocenters. The lowest BCUT2D eigenvalue weighted by Gasteiger charge is -2.19. The largest absolute Gasteiger partial charge is 0.444 e. The van der Waals surface area contributed by atoms with Gasteiger partial charge in [-0.25, -0.2) is 23.5 Å². The van der Waals surface area contributed by atoms with Gasteiger partial charge in [0.15, 0.2) is 0 Å². The van der Waals surface area contributed by atoms with Crippen molar-refractivity contribution < 1.29 is 18.3 Å². The van der Waals surface area contributed by atoms with Crippen LogP contribution >= 0.6 is 0 Å². The van der Waals surface area contributed by atoms with E-state index in [2.05, 4.69) is 15.3 Å². The second kappa shape index (κ2) is 5.70. The number of halogens is 2. The average Bonchev–Trinajstić information content (AvgIpc) is 2.24. The molecule has 1 aromatic rings. The smallest absolute Gasteiger partial charge is 0.408 e. The lowest BCUT2D eigenvalue weighted by molar-refractivity contribution is 0.0522. The zero-order chi connectivity index (χ0) is 13.8. The maximum atomic E-state index is 12.2. The zero-order valence-electron chi connectivity index (χ0n) is 10.4. The van der Waals surface area contributed by atoms with Crippen molar-refractivity contribution in [1.82, 2.24) is 15.3 Å². The summed E-state index contributed by atoms with van der Waals surface area (Å²) in [6.45, 7) is 5.24. The molecular formula is C11H15F2N3O2. The first-order chi connectivity index (χ1) is 8.28. The van der Waals surface area contributed by atoms with E-state index >= 15 is 0 Å². The third-order valence-corrected chi connectivity index (χ3v) is 1.77. The summed E-state index contributed by atoms with van der Waals surface area (Å²) in [4.78, 5) is 18.7. The van der Waals surface area contributed by atoms with Gasteiger partial charge in [-0.15, -0.1) is 0 Å². The molecule has 1 rings (SSSR count). The highest BCUT2D eigenvalue weighted by atomic mass is 19.3. The molecule has 1 N–H and O–H groups in total. The minimum absolute atomic E-state index is 0.0262. The van der Waals surface area contributed by atoms with Gasteiger partial charge in [-0.1, -0.05) is 0 Å². The number of rotatable bonds is 3. The summed E-state index contributed by atoms with van der Waals surface area (Å²) in [5, 5.41) is 2.43. The molecule has 0 aliphatic heterocycles. The first-order valence-corrected chi connectivity index (χ1v) is 5.34. The van der Waals surface area contributed by atoms with Gasteiger partial charge in [-0.05, 0) is 20.8 Å². The molecule has 1 aromatic heterocycles. The number of hydrogen-bond donors (Lipinski definition) is 1. The van der Waals surface area contributed by atoms with Gasteiger partial charge >= 0.3 is 6.09 Å². The van der Waals surface area contributed by atoms with Gasteiger partial charge < -0.3 is 10.1 Å². The number of alkyl carbamates (subject to hydrolysis) is 1. The number of nitrogens with one attached hydrogen (secondary N) is 1. The first kappa shape index (κ1) is 14.3. The Morgan fingerprint density at radius 3 is 2.39 bits per heavy atom.